The molecular formula is C19H20FNO2S. The lowest BCUT2D eigenvalue weighted by atomic mass is 10.1. The summed E-state index contributed by atoms with van der Waals surface area (Å²) in [6, 6.07) is 12.0. The highest BCUT2D eigenvalue weighted by Gasteiger charge is 2.21. The number of likely N-dealkylation sites (tertiary alicyclic amines) is 1. The predicted molar refractivity (Wildman–Crippen MR) is 96.2 cm³/mol. The van der Waals surface area contributed by atoms with Gasteiger partial charge in [-0.15, -0.1) is 0 Å². The number of hydrogen-bond donors (Lipinski definition) is 0. The fraction of sp³-hybridized carbons (Fsp3) is 0.316. The molecular weight excluding hydrogens is 325 g/mol. The Balaban J connectivity index is 1.84. The number of rotatable bonds is 5. The van der Waals surface area contributed by atoms with Crippen molar-refractivity contribution < 1.29 is 13.9 Å². The van der Waals surface area contributed by atoms with Gasteiger partial charge in [0, 0.05) is 13.1 Å². The Bertz CT molecular complexity index is 712. The Morgan fingerprint density at radius 1 is 1.12 bits per heavy atom. The van der Waals surface area contributed by atoms with E-state index in [2.05, 4.69) is 4.90 Å². The molecule has 0 spiro atoms. The van der Waals surface area contributed by atoms with Gasteiger partial charge in [-0.3, -0.25) is 0 Å². The van der Waals surface area contributed by atoms with Crippen LogP contribution in [-0.2, 0) is 6.61 Å². The van der Waals surface area contributed by atoms with E-state index < -0.39 is 0 Å². The van der Waals surface area contributed by atoms with Crippen molar-refractivity contribution in [2.24, 2.45) is 0 Å². The molecule has 1 fully saturated rings. The molecule has 1 heterocycles. The summed E-state index contributed by atoms with van der Waals surface area (Å²) in [4.78, 5) is 3.00. The Kier molecular flexibility index (Phi) is 5.30. The van der Waals surface area contributed by atoms with Crippen molar-refractivity contribution >= 4 is 17.2 Å². The van der Waals surface area contributed by atoms with Gasteiger partial charge in [0.1, 0.15) is 17.4 Å². The first-order valence-electron chi connectivity index (χ1n) is 8.02. The number of benzene rings is 2. The minimum absolute atomic E-state index is 0.257. The van der Waals surface area contributed by atoms with Gasteiger partial charge in [-0.25, -0.2) is 4.39 Å². The van der Waals surface area contributed by atoms with Crippen molar-refractivity contribution in [3.63, 3.8) is 0 Å². The lowest BCUT2D eigenvalue weighted by molar-refractivity contribution is 0.283. The van der Waals surface area contributed by atoms with Gasteiger partial charge in [0.15, 0.2) is 11.5 Å². The van der Waals surface area contributed by atoms with Crippen LogP contribution in [0.1, 0.15) is 24.0 Å². The van der Waals surface area contributed by atoms with Crippen molar-refractivity contribution in [3.05, 3.63) is 59.4 Å². The molecule has 0 unspecified atom stereocenters. The summed E-state index contributed by atoms with van der Waals surface area (Å²) in [5.41, 5.74) is 1.76. The molecule has 0 atom stereocenters. The molecule has 0 aliphatic carbocycles. The van der Waals surface area contributed by atoms with Crippen LogP contribution in [0.5, 0.6) is 11.5 Å². The van der Waals surface area contributed by atoms with Gasteiger partial charge in [-0.05, 0) is 42.7 Å². The molecule has 0 saturated carbocycles. The molecule has 2 aromatic carbocycles. The summed E-state index contributed by atoms with van der Waals surface area (Å²) in [7, 11) is 1.61. The van der Waals surface area contributed by atoms with Crippen molar-refractivity contribution in [3.8, 4) is 11.5 Å². The van der Waals surface area contributed by atoms with Crippen LogP contribution in [0.15, 0.2) is 42.5 Å². The van der Waals surface area contributed by atoms with E-state index in [0.29, 0.717) is 18.1 Å². The first-order chi connectivity index (χ1) is 11.7. The largest absolute Gasteiger partial charge is 0.493 e. The fourth-order valence-electron chi connectivity index (χ4n) is 2.82. The predicted octanol–water partition coefficient (Wildman–Crippen LogP) is 4.18. The van der Waals surface area contributed by atoms with Gasteiger partial charge in [0.05, 0.1) is 12.7 Å². The van der Waals surface area contributed by atoms with E-state index in [0.717, 1.165) is 42.0 Å². The highest BCUT2D eigenvalue weighted by molar-refractivity contribution is 7.80. The van der Waals surface area contributed by atoms with E-state index >= 15 is 0 Å². The number of methoxy groups -OCH3 is 1. The van der Waals surface area contributed by atoms with Crippen LogP contribution in [0.4, 0.5) is 4.39 Å². The first kappa shape index (κ1) is 16.7. The number of thiocarbonyl (C=S) groups is 1. The van der Waals surface area contributed by atoms with Gasteiger partial charge < -0.3 is 14.4 Å². The van der Waals surface area contributed by atoms with E-state index in [4.69, 9.17) is 21.7 Å². The molecule has 24 heavy (non-hydrogen) atoms. The van der Waals surface area contributed by atoms with Crippen molar-refractivity contribution in [2.75, 3.05) is 20.2 Å². The molecule has 5 heteroatoms. The molecule has 0 radical (unpaired) electrons. The Morgan fingerprint density at radius 2 is 1.83 bits per heavy atom. The average Bonchev–Trinajstić information content (AvgIpc) is 3.15. The Hall–Kier alpha value is -2.14. The third-order valence-electron chi connectivity index (χ3n) is 4.12. The van der Waals surface area contributed by atoms with Crippen molar-refractivity contribution in [1.29, 1.82) is 0 Å². The molecule has 0 aromatic heterocycles. The van der Waals surface area contributed by atoms with Crippen LogP contribution in [-0.4, -0.2) is 30.1 Å². The van der Waals surface area contributed by atoms with Gasteiger partial charge in [-0.2, -0.15) is 0 Å². The second-order valence-electron chi connectivity index (χ2n) is 5.75. The van der Waals surface area contributed by atoms with Gasteiger partial charge in [-0.1, -0.05) is 30.4 Å². The second-order valence-corrected chi connectivity index (χ2v) is 6.14. The first-order valence-corrected chi connectivity index (χ1v) is 8.43. The Labute approximate surface area is 147 Å². The summed E-state index contributed by atoms with van der Waals surface area (Å²) in [5, 5.41) is 0. The molecule has 126 valence electrons. The third kappa shape index (κ3) is 3.67. The molecule has 1 saturated heterocycles. The summed E-state index contributed by atoms with van der Waals surface area (Å²) in [6.45, 7) is 2.29. The molecule has 1 aliphatic rings. The van der Waals surface area contributed by atoms with Crippen LogP contribution >= 0.6 is 12.2 Å². The quantitative estimate of drug-likeness (QED) is 0.758. The molecule has 3 nitrogen and oxygen atoms in total. The average molecular weight is 345 g/mol. The maximum atomic E-state index is 13.0. The topological polar surface area (TPSA) is 21.7 Å². The zero-order valence-corrected chi connectivity index (χ0v) is 14.4. The SMILES string of the molecule is COc1cccc(C(=S)N2CCCC2)c1OCc1ccc(F)cc1. The zero-order valence-electron chi connectivity index (χ0n) is 13.6. The van der Waals surface area contributed by atoms with Crippen LogP contribution in [0.2, 0.25) is 0 Å². The lowest BCUT2D eigenvalue weighted by Gasteiger charge is -2.22. The molecule has 2 aromatic rings. The highest BCUT2D eigenvalue weighted by atomic mass is 32.1. The summed E-state index contributed by atoms with van der Waals surface area (Å²) in [5.74, 6) is 1.03. The normalized spacial score (nSPS) is 13.8. The maximum Gasteiger partial charge on any atom is 0.171 e. The fourth-order valence-corrected chi connectivity index (χ4v) is 3.16. The number of para-hydroxylation sites is 1. The van der Waals surface area contributed by atoms with Gasteiger partial charge in [0.25, 0.3) is 0 Å². The van der Waals surface area contributed by atoms with E-state index in [1.807, 2.05) is 18.2 Å². The standard InChI is InChI=1S/C19H20FNO2S/c1-22-17-6-4-5-16(19(24)21-11-2-3-12-21)18(17)23-13-14-7-9-15(20)10-8-14/h4-10H,2-3,11-13H2,1H3. The maximum absolute atomic E-state index is 13.0. The lowest BCUT2D eigenvalue weighted by Crippen LogP contribution is -2.27. The molecule has 3 rings (SSSR count). The van der Waals surface area contributed by atoms with Gasteiger partial charge in [0.2, 0.25) is 0 Å². The molecule has 1 aliphatic heterocycles. The summed E-state index contributed by atoms with van der Waals surface area (Å²) >= 11 is 5.66. The second kappa shape index (κ2) is 7.62. The Morgan fingerprint density at radius 3 is 2.50 bits per heavy atom. The number of hydrogen-bond acceptors (Lipinski definition) is 3. The van der Waals surface area contributed by atoms with Crippen LogP contribution in [0, 0.1) is 5.82 Å². The van der Waals surface area contributed by atoms with Crippen molar-refractivity contribution in [2.45, 2.75) is 19.4 Å². The third-order valence-corrected chi connectivity index (χ3v) is 4.60. The molecule has 0 N–H and O–H groups in total. The molecule has 0 amide bonds. The number of nitrogens with zero attached hydrogens (tertiary/aromatic N) is 1. The summed E-state index contributed by atoms with van der Waals surface area (Å²) in [6.07, 6.45) is 2.33. The van der Waals surface area contributed by atoms with Crippen LogP contribution in [0.25, 0.3) is 0 Å². The van der Waals surface area contributed by atoms with Crippen molar-refractivity contribution in [1.82, 2.24) is 4.90 Å². The highest BCUT2D eigenvalue weighted by Crippen LogP contribution is 2.33. The van der Waals surface area contributed by atoms with E-state index in [9.17, 15) is 4.39 Å². The smallest absolute Gasteiger partial charge is 0.171 e. The minimum Gasteiger partial charge on any atom is -0.493 e. The summed E-state index contributed by atoms with van der Waals surface area (Å²) < 4.78 is 24.5. The zero-order chi connectivity index (χ0) is 16.9. The van der Waals surface area contributed by atoms with E-state index in [1.165, 1.54) is 12.1 Å². The minimum atomic E-state index is -0.257. The van der Waals surface area contributed by atoms with Crippen LogP contribution < -0.4 is 9.47 Å². The van der Waals surface area contributed by atoms with Crippen LogP contribution in [0.3, 0.4) is 0 Å². The number of halogens is 1. The van der Waals surface area contributed by atoms with E-state index in [-0.39, 0.29) is 5.82 Å². The van der Waals surface area contributed by atoms with Gasteiger partial charge >= 0.3 is 0 Å². The van der Waals surface area contributed by atoms with E-state index in [1.54, 1.807) is 19.2 Å². The monoisotopic (exact) mass is 345 g/mol. The number of ether oxygens (including phenoxy) is 2. The molecule has 0 bridgehead atoms.